The van der Waals surface area contributed by atoms with Crippen LogP contribution in [0.2, 0.25) is 0 Å². The molecule has 2 rings (SSSR count). The topological polar surface area (TPSA) is 32.3 Å². The van der Waals surface area contributed by atoms with E-state index in [1.807, 2.05) is 20.2 Å². The van der Waals surface area contributed by atoms with Gasteiger partial charge in [0, 0.05) is 5.92 Å². The fourth-order valence-corrected chi connectivity index (χ4v) is 3.55. The summed E-state index contributed by atoms with van der Waals surface area (Å²) < 4.78 is 0. The van der Waals surface area contributed by atoms with Crippen LogP contribution in [0.4, 0.5) is 0 Å². The SMILES string of the molecule is CCCC(NC(=O)C1CCCCC1c1ccccc1)N(C)C. The smallest absolute Gasteiger partial charge is 0.224 e. The fourth-order valence-electron chi connectivity index (χ4n) is 3.55. The maximum atomic E-state index is 12.8. The molecule has 1 aliphatic carbocycles. The number of hydrogen-bond acceptors (Lipinski definition) is 2. The van der Waals surface area contributed by atoms with Gasteiger partial charge in [-0.1, -0.05) is 56.5 Å². The zero-order valence-electron chi connectivity index (χ0n) is 14.2. The van der Waals surface area contributed by atoms with Gasteiger partial charge in [-0.15, -0.1) is 0 Å². The molecule has 1 aromatic rings. The average Bonchev–Trinajstić information content (AvgIpc) is 2.55. The largest absolute Gasteiger partial charge is 0.340 e. The molecule has 1 fully saturated rings. The minimum absolute atomic E-state index is 0.121. The van der Waals surface area contributed by atoms with E-state index in [2.05, 4.69) is 41.4 Å². The van der Waals surface area contributed by atoms with Crippen LogP contribution in [0.15, 0.2) is 30.3 Å². The van der Waals surface area contributed by atoms with Crippen LogP contribution in [0.5, 0.6) is 0 Å². The molecular weight excluding hydrogens is 272 g/mol. The van der Waals surface area contributed by atoms with Crippen molar-refractivity contribution in [2.75, 3.05) is 14.1 Å². The van der Waals surface area contributed by atoms with Gasteiger partial charge in [0.2, 0.25) is 5.91 Å². The Morgan fingerprint density at radius 1 is 1.23 bits per heavy atom. The highest BCUT2D eigenvalue weighted by atomic mass is 16.2. The first-order valence-electron chi connectivity index (χ1n) is 8.65. The molecule has 3 heteroatoms. The van der Waals surface area contributed by atoms with Gasteiger partial charge in [0.25, 0.3) is 0 Å². The lowest BCUT2D eigenvalue weighted by Gasteiger charge is -2.33. The van der Waals surface area contributed by atoms with Crippen LogP contribution in [0.1, 0.15) is 56.9 Å². The van der Waals surface area contributed by atoms with Crippen LogP contribution < -0.4 is 5.32 Å². The van der Waals surface area contributed by atoms with Crippen LogP contribution in [0.3, 0.4) is 0 Å². The summed E-state index contributed by atoms with van der Waals surface area (Å²) in [4.78, 5) is 14.9. The van der Waals surface area contributed by atoms with E-state index in [9.17, 15) is 4.79 Å². The van der Waals surface area contributed by atoms with Gasteiger partial charge < -0.3 is 5.32 Å². The number of hydrogen-bond donors (Lipinski definition) is 1. The molecule has 1 amide bonds. The number of rotatable bonds is 6. The molecule has 3 nitrogen and oxygen atoms in total. The van der Waals surface area contributed by atoms with Crippen molar-refractivity contribution >= 4 is 5.91 Å². The quantitative estimate of drug-likeness (QED) is 0.811. The predicted octanol–water partition coefficient (Wildman–Crippen LogP) is 3.76. The maximum Gasteiger partial charge on any atom is 0.224 e. The third-order valence-electron chi connectivity index (χ3n) is 4.82. The summed E-state index contributed by atoms with van der Waals surface area (Å²) in [7, 11) is 4.08. The molecule has 1 aliphatic rings. The lowest BCUT2D eigenvalue weighted by molar-refractivity contribution is -0.128. The Hall–Kier alpha value is -1.35. The Bertz CT molecular complexity index is 458. The molecule has 0 aromatic heterocycles. The molecule has 1 N–H and O–H groups in total. The average molecular weight is 302 g/mol. The van der Waals surface area contributed by atoms with Crippen LogP contribution in [0, 0.1) is 5.92 Å². The molecule has 1 saturated carbocycles. The molecule has 22 heavy (non-hydrogen) atoms. The molecule has 0 aliphatic heterocycles. The molecule has 0 radical (unpaired) electrons. The van der Waals surface area contributed by atoms with Gasteiger partial charge >= 0.3 is 0 Å². The summed E-state index contributed by atoms with van der Waals surface area (Å²) >= 11 is 0. The summed E-state index contributed by atoms with van der Waals surface area (Å²) in [5.74, 6) is 0.732. The normalized spacial score (nSPS) is 23.3. The molecule has 122 valence electrons. The highest BCUT2D eigenvalue weighted by Gasteiger charge is 2.32. The second-order valence-corrected chi connectivity index (χ2v) is 6.68. The molecule has 3 unspecified atom stereocenters. The number of benzene rings is 1. The zero-order chi connectivity index (χ0) is 15.9. The van der Waals surface area contributed by atoms with Crippen molar-refractivity contribution in [3.63, 3.8) is 0 Å². The number of carbonyl (C=O) groups excluding carboxylic acids is 1. The van der Waals surface area contributed by atoms with E-state index < -0.39 is 0 Å². The zero-order valence-corrected chi connectivity index (χ0v) is 14.2. The number of carbonyl (C=O) groups is 1. The Morgan fingerprint density at radius 3 is 2.55 bits per heavy atom. The summed E-state index contributed by atoms with van der Waals surface area (Å²) in [5.41, 5.74) is 1.32. The van der Waals surface area contributed by atoms with E-state index in [0.717, 1.165) is 25.7 Å². The van der Waals surface area contributed by atoms with Crippen molar-refractivity contribution in [3.8, 4) is 0 Å². The first-order valence-corrected chi connectivity index (χ1v) is 8.65. The molecule has 3 atom stereocenters. The highest BCUT2D eigenvalue weighted by molar-refractivity contribution is 5.80. The van der Waals surface area contributed by atoms with E-state index in [1.54, 1.807) is 0 Å². The first-order chi connectivity index (χ1) is 10.6. The van der Waals surface area contributed by atoms with Gasteiger partial charge in [-0.05, 0) is 44.8 Å². The molecule has 0 bridgehead atoms. The van der Waals surface area contributed by atoms with Crippen LogP contribution in [0.25, 0.3) is 0 Å². The Labute approximate surface area is 135 Å². The molecular formula is C19H30N2O. The maximum absolute atomic E-state index is 12.8. The molecule has 0 heterocycles. The van der Waals surface area contributed by atoms with E-state index in [4.69, 9.17) is 0 Å². The second-order valence-electron chi connectivity index (χ2n) is 6.68. The minimum Gasteiger partial charge on any atom is -0.340 e. The van der Waals surface area contributed by atoms with Crippen LogP contribution >= 0.6 is 0 Å². The standard InChI is InChI=1S/C19H30N2O/c1-4-10-18(21(2)3)20-19(22)17-14-9-8-13-16(17)15-11-6-5-7-12-15/h5-7,11-12,16-18H,4,8-10,13-14H2,1-3H3,(H,20,22). The Morgan fingerprint density at radius 2 is 1.91 bits per heavy atom. The highest BCUT2D eigenvalue weighted by Crippen LogP contribution is 2.37. The van der Waals surface area contributed by atoms with Crippen molar-refractivity contribution in [3.05, 3.63) is 35.9 Å². The van der Waals surface area contributed by atoms with Crippen molar-refractivity contribution in [1.82, 2.24) is 10.2 Å². The number of nitrogens with zero attached hydrogens (tertiary/aromatic N) is 1. The van der Waals surface area contributed by atoms with E-state index in [0.29, 0.717) is 5.92 Å². The monoisotopic (exact) mass is 302 g/mol. The number of amides is 1. The van der Waals surface area contributed by atoms with Crippen LogP contribution in [-0.4, -0.2) is 31.1 Å². The van der Waals surface area contributed by atoms with E-state index >= 15 is 0 Å². The summed E-state index contributed by atoms with van der Waals surface area (Å²) in [6, 6.07) is 10.6. The third-order valence-corrected chi connectivity index (χ3v) is 4.82. The van der Waals surface area contributed by atoms with Gasteiger partial charge in [0.05, 0.1) is 6.17 Å². The lowest BCUT2D eigenvalue weighted by Crippen LogP contribution is -2.48. The van der Waals surface area contributed by atoms with E-state index in [1.165, 1.54) is 18.4 Å². The van der Waals surface area contributed by atoms with Crippen molar-refractivity contribution in [1.29, 1.82) is 0 Å². The third kappa shape index (κ3) is 4.33. The summed E-state index contributed by atoms with van der Waals surface area (Å²) in [6.07, 6.45) is 6.77. The van der Waals surface area contributed by atoms with Gasteiger partial charge in [-0.2, -0.15) is 0 Å². The van der Waals surface area contributed by atoms with E-state index in [-0.39, 0.29) is 18.0 Å². The first kappa shape index (κ1) is 17.0. The van der Waals surface area contributed by atoms with Gasteiger partial charge in [-0.25, -0.2) is 0 Å². The summed E-state index contributed by atoms with van der Waals surface area (Å²) in [6.45, 7) is 2.16. The second kappa shape index (κ2) is 8.33. The molecule has 1 aromatic carbocycles. The minimum atomic E-state index is 0.121. The Kier molecular flexibility index (Phi) is 6.44. The predicted molar refractivity (Wildman–Crippen MR) is 91.7 cm³/mol. The fraction of sp³-hybridized carbons (Fsp3) is 0.632. The number of nitrogens with one attached hydrogen (secondary N) is 1. The van der Waals surface area contributed by atoms with Crippen LogP contribution in [-0.2, 0) is 4.79 Å². The lowest BCUT2D eigenvalue weighted by atomic mass is 9.75. The van der Waals surface area contributed by atoms with Crippen molar-refractivity contribution in [2.24, 2.45) is 5.92 Å². The molecule has 0 saturated heterocycles. The van der Waals surface area contributed by atoms with Gasteiger partial charge in [-0.3, -0.25) is 9.69 Å². The van der Waals surface area contributed by atoms with Crippen molar-refractivity contribution in [2.45, 2.75) is 57.5 Å². The Balaban J connectivity index is 2.08. The van der Waals surface area contributed by atoms with Gasteiger partial charge in [0.1, 0.15) is 0 Å². The molecule has 0 spiro atoms. The van der Waals surface area contributed by atoms with Crippen molar-refractivity contribution < 1.29 is 4.79 Å². The summed E-state index contributed by atoms with van der Waals surface area (Å²) in [5, 5.41) is 3.27. The van der Waals surface area contributed by atoms with Gasteiger partial charge in [0.15, 0.2) is 0 Å².